The Bertz CT molecular complexity index is 654. The molecule has 0 radical (unpaired) electrons. The number of hydrogen-bond donors (Lipinski definition) is 1. The zero-order valence-corrected chi connectivity index (χ0v) is 11.4. The topological polar surface area (TPSA) is 55.8 Å². The number of carbonyl (C=O) groups is 1. The van der Waals surface area contributed by atoms with Crippen molar-refractivity contribution in [2.24, 2.45) is 0 Å². The molecule has 0 aliphatic carbocycles. The first-order valence-electron chi connectivity index (χ1n) is 6.16. The second-order valence-corrected chi connectivity index (χ2v) is 5.34. The number of hydrogen-bond acceptors (Lipinski definition) is 4. The van der Waals surface area contributed by atoms with Gasteiger partial charge in [-0.25, -0.2) is 0 Å². The predicted molar refractivity (Wildman–Crippen MR) is 74.8 cm³/mol. The summed E-state index contributed by atoms with van der Waals surface area (Å²) < 4.78 is 11.2. The van der Waals surface area contributed by atoms with Gasteiger partial charge in [0.25, 0.3) is 0 Å². The predicted octanol–water partition coefficient (Wildman–Crippen LogP) is 3.80. The van der Waals surface area contributed by atoms with E-state index in [1.165, 1.54) is 0 Å². The number of para-hydroxylation sites is 1. The molecule has 20 heavy (non-hydrogen) atoms. The molecular weight excluding hydrogens is 276 g/mol. The molecule has 3 rings (SSSR count). The van der Waals surface area contributed by atoms with E-state index in [9.17, 15) is 4.79 Å². The molecule has 1 N–H and O–H groups in total. The van der Waals surface area contributed by atoms with Crippen molar-refractivity contribution in [2.75, 3.05) is 6.61 Å². The fraction of sp³-hybridized carbons (Fsp3) is 0.133. The van der Waals surface area contributed by atoms with Gasteiger partial charge < -0.3 is 14.6 Å². The molecule has 5 heteroatoms. The summed E-state index contributed by atoms with van der Waals surface area (Å²) in [4.78, 5) is 12.5. The second kappa shape index (κ2) is 5.46. The van der Waals surface area contributed by atoms with Crippen LogP contribution in [0.2, 0.25) is 0 Å². The van der Waals surface area contributed by atoms with Gasteiger partial charge in [0.05, 0.1) is 22.8 Å². The van der Waals surface area contributed by atoms with Gasteiger partial charge >= 0.3 is 5.97 Å². The Morgan fingerprint density at radius 3 is 2.80 bits per heavy atom. The summed E-state index contributed by atoms with van der Waals surface area (Å²) in [7, 11) is 0. The lowest BCUT2D eigenvalue weighted by molar-refractivity contribution is -0.137. The number of ether oxygens (including phenoxy) is 2. The highest BCUT2D eigenvalue weighted by atomic mass is 32.2. The number of rotatable bonds is 4. The van der Waals surface area contributed by atoms with Crippen LogP contribution >= 0.6 is 11.8 Å². The maximum absolute atomic E-state index is 10.5. The first kappa shape index (κ1) is 12.9. The van der Waals surface area contributed by atoms with E-state index < -0.39 is 5.97 Å². The molecule has 2 aromatic rings. The molecule has 1 heterocycles. The molecule has 0 atom stereocenters. The van der Waals surface area contributed by atoms with Crippen molar-refractivity contribution in [3.05, 3.63) is 42.5 Å². The number of benzene rings is 2. The number of carboxylic acids is 1. The molecule has 0 amide bonds. The van der Waals surface area contributed by atoms with Gasteiger partial charge in [-0.05, 0) is 30.3 Å². The second-order valence-electron chi connectivity index (χ2n) is 4.25. The van der Waals surface area contributed by atoms with E-state index in [2.05, 4.69) is 0 Å². The highest BCUT2D eigenvalue weighted by Gasteiger charge is 2.17. The van der Waals surface area contributed by atoms with E-state index in [-0.39, 0.29) is 13.0 Å². The molecule has 1 aliphatic heterocycles. The number of carboxylic acid groups (broad SMARTS) is 1. The quantitative estimate of drug-likeness (QED) is 0.791. The van der Waals surface area contributed by atoms with E-state index >= 15 is 0 Å². The third-order valence-electron chi connectivity index (χ3n) is 2.79. The fourth-order valence-electron chi connectivity index (χ4n) is 1.85. The third-order valence-corrected chi connectivity index (χ3v) is 3.88. The van der Waals surface area contributed by atoms with Gasteiger partial charge in [-0.1, -0.05) is 23.9 Å². The minimum atomic E-state index is -0.866. The van der Waals surface area contributed by atoms with Crippen molar-refractivity contribution in [1.29, 1.82) is 0 Å². The van der Waals surface area contributed by atoms with Crippen LogP contribution in [0.1, 0.15) is 6.42 Å². The molecule has 0 unspecified atom stereocenters. The van der Waals surface area contributed by atoms with Gasteiger partial charge in [-0.2, -0.15) is 0 Å². The molecule has 102 valence electrons. The normalized spacial score (nSPS) is 12.0. The van der Waals surface area contributed by atoms with Crippen LogP contribution in [0.15, 0.2) is 52.3 Å². The molecule has 0 bridgehead atoms. The van der Waals surface area contributed by atoms with Crippen molar-refractivity contribution < 1.29 is 19.4 Å². The lowest BCUT2D eigenvalue weighted by atomic mass is 10.3. The Labute approximate surface area is 120 Å². The van der Waals surface area contributed by atoms with Crippen molar-refractivity contribution in [3.8, 4) is 17.2 Å². The van der Waals surface area contributed by atoms with Crippen LogP contribution < -0.4 is 9.47 Å². The highest BCUT2D eigenvalue weighted by Crippen LogP contribution is 2.47. The Balaban J connectivity index is 1.76. The Hall–Kier alpha value is -2.14. The molecule has 4 nitrogen and oxygen atoms in total. The summed E-state index contributed by atoms with van der Waals surface area (Å²) >= 11 is 1.62. The van der Waals surface area contributed by atoms with Crippen molar-refractivity contribution >= 4 is 17.7 Å². The zero-order valence-electron chi connectivity index (χ0n) is 10.5. The lowest BCUT2D eigenvalue weighted by Gasteiger charge is -2.19. The average molecular weight is 288 g/mol. The number of aliphatic carboxylic acids is 1. The maximum atomic E-state index is 10.5. The zero-order chi connectivity index (χ0) is 13.9. The first-order chi connectivity index (χ1) is 9.72. The van der Waals surface area contributed by atoms with Gasteiger partial charge in [0.2, 0.25) is 0 Å². The maximum Gasteiger partial charge on any atom is 0.306 e. The minimum absolute atomic E-state index is 0.0104. The summed E-state index contributed by atoms with van der Waals surface area (Å²) in [6, 6.07) is 13.3. The van der Waals surface area contributed by atoms with E-state index in [0.717, 1.165) is 21.3 Å². The summed E-state index contributed by atoms with van der Waals surface area (Å²) in [6.45, 7) is 0.163. The average Bonchev–Trinajstić information content (AvgIpc) is 2.44. The Morgan fingerprint density at radius 2 is 1.95 bits per heavy atom. The van der Waals surface area contributed by atoms with E-state index in [1.54, 1.807) is 17.8 Å². The fourth-order valence-corrected chi connectivity index (χ4v) is 2.83. The highest BCUT2D eigenvalue weighted by molar-refractivity contribution is 7.99. The largest absolute Gasteiger partial charge is 0.493 e. The van der Waals surface area contributed by atoms with Crippen molar-refractivity contribution in [3.63, 3.8) is 0 Å². The summed E-state index contributed by atoms with van der Waals surface area (Å²) in [5.74, 6) is 1.43. The van der Waals surface area contributed by atoms with E-state index in [1.807, 2.05) is 36.4 Å². The molecular formula is C15H12O4S. The van der Waals surface area contributed by atoms with Crippen LogP contribution in [-0.4, -0.2) is 17.7 Å². The summed E-state index contributed by atoms with van der Waals surface area (Å²) in [6.07, 6.45) is -0.0104. The molecule has 0 saturated heterocycles. The van der Waals surface area contributed by atoms with Gasteiger partial charge in [0, 0.05) is 0 Å². The van der Waals surface area contributed by atoms with Crippen LogP contribution in [0, 0.1) is 0 Å². The molecule has 0 saturated carbocycles. The van der Waals surface area contributed by atoms with Gasteiger partial charge in [0.15, 0.2) is 0 Å². The Kier molecular flexibility index (Phi) is 3.52. The number of fused-ring (bicyclic) bond motifs is 2. The lowest BCUT2D eigenvalue weighted by Crippen LogP contribution is -2.05. The van der Waals surface area contributed by atoms with Gasteiger partial charge in [-0.15, -0.1) is 0 Å². The first-order valence-corrected chi connectivity index (χ1v) is 6.97. The Morgan fingerprint density at radius 1 is 1.15 bits per heavy atom. The van der Waals surface area contributed by atoms with Crippen LogP contribution in [0.25, 0.3) is 0 Å². The minimum Gasteiger partial charge on any atom is -0.493 e. The standard InChI is InChI=1S/C15H12O4S/c16-15(17)7-8-18-10-5-6-12-14(9-10)20-13-4-2-1-3-11(13)19-12/h1-6,9H,7-8H2,(H,16,17). The van der Waals surface area contributed by atoms with E-state index in [0.29, 0.717) is 5.75 Å². The van der Waals surface area contributed by atoms with Crippen LogP contribution in [0.3, 0.4) is 0 Å². The molecule has 1 aliphatic rings. The van der Waals surface area contributed by atoms with Crippen molar-refractivity contribution in [1.82, 2.24) is 0 Å². The van der Waals surface area contributed by atoms with E-state index in [4.69, 9.17) is 14.6 Å². The van der Waals surface area contributed by atoms with Crippen LogP contribution in [0.5, 0.6) is 17.2 Å². The molecule has 0 fully saturated rings. The molecule has 0 aromatic heterocycles. The van der Waals surface area contributed by atoms with Crippen LogP contribution in [0.4, 0.5) is 0 Å². The monoisotopic (exact) mass is 288 g/mol. The van der Waals surface area contributed by atoms with Gasteiger partial charge in [-0.3, -0.25) is 4.79 Å². The van der Waals surface area contributed by atoms with Crippen molar-refractivity contribution in [2.45, 2.75) is 16.2 Å². The van der Waals surface area contributed by atoms with Crippen LogP contribution in [-0.2, 0) is 4.79 Å². The summed E-state index contributed by atoms with van der Waals surface area (Å²) in [5, 5.41) is 8.59. The SMILES string of the molecule is O=C(O)CCOc1ccc2c(c1)Sc1ccccc1O2. The smallest absolute Gasteiger partial charge is 0.306 e. The van der Waals surface area contributed by atoms with Gasteiger partial charge in [0.1, 0.15) is 17.2 Å². The molecule has 0 spiro atoms. The summed E-state index contributed by atoms with van der Waals surface area (Å²) in [5.41, 5.74) is 0. The third kappa shape index (κ3) is 2.72. The molecule has 2 aromatic carbocycles.